The van der Waals surface area contributed by atoms with Crippen LogP contribution in [0, 0.1) is 5.92 Å². The normalized spacial score (nSPS) is 22.0. The maximum Gasteiger partial charge on any atom is 0.152 e. The lowest BCUT2D eigenvalue weighted by atomic mass is 10.1. The van der Waals surface area contributed by atoms with E-state index in [1.165, 1.54) is 12.8 Å². The fourth-order valence-corrected chi connectivity index (χ4v) is 3.99. The lowest BCUT2D eigenvalue weighted by Gasteiger charge is -2.11. The van der Waals surface area contributed by atoms with Crippen LogP contribution in [-0.2, 0) is 9.84 Å². The molecule has 0 aliphatic heterocycles. The largest absolute Gasteiger partial charge is 0.327 e. The topological polar surface area (TPSA) is 60.2 Å². The van der Waals surface area contributed by atoms with E-state index in [0.29, 0.717) is 11.7 Å². The van der Waals surface area contributed by atoms with Crippen molar-refractivity contribution < 1.29 is 8.42 Å². The predicted octanol–water partition coefficient (Wildman–Crippen LogP) is 0.939. The summed E-state index contributed by atoms with van der Waals surface area (Å²) >= 11 is 0. The minimum Gasteiger partial charge on any atom is -0.327 e. The van der Waals surface area contributed by atoms with Crippen molar-refractivity contribution in [1.29, 1.82) is 0 Å². The zero-order valence-electron chi connectivity index (χ0n) is 8.20. The summed E-state index contributed by atoms with van der Waals surface area (Å²) in [4.78, 5) is 0. The van der Waals surface area contributed by atoms with Gasteiger partial charge in [0.15, 0.2) is 9.84 Å². The average Bonchev–Trinajstić information content (AvgIpc) is 2.34. The molecule has 2 N–H and O–H groups in total. The Kier molecular flexibility index (Phi) is 3.74. The number of rotatable bonds is 4. The molecular weight excluding hydrogens is 186 g/mol. The van der Waals surface area contributed by atoms with Gasteiger partial charge in [0.05, 0.1) is 11.5 Å². The highest BCUT2D eigenvalue weighted by atomic mass is 32.2. The molecule has 1 rings (SSSR count). The summed E-state index contributed by atoms with van der Waals surface area (Å²) in [6.45, 7) is 1.74. The SMILES string of the molecule is CC(N)CS(=O)(=O)CC1CCCC1. The lowest BCUT2D eigenvalue weighted by Crippen LogP contribution is -2.29. The second kappa shape index (κ2) is 4.42. The van der Waals surface area contributed by atoms with Crippen LogP contribution in [0.15, 0.2) is 0 Å². The molecule has 1 unspecified atom stereocenters. The van der Waals surface area contributed by atoms with E-state index in [9.17, 15) is 8.42 Å². The average molecular weight is 205 g/mol. The van der Waals surface area contributed by atoms with Crippen LogP contribution in [0.1, 0.15) is 32.6 Å². The molecular formula is C9H19NO2S. The molecule has 1 atom stereocenters. The van der Waals surface area contributed by atoms with Crippen molar-refractivity contribution >= 4 is 9.84 Å². The van der Waals surface area contributed by atoms with Gasteiger partial charge in [-0.15, -0.1) is 0 Å². The second-order valence-electron chi connectivity index (χ2n) is 4.20. The van der Waals surface area contributed by atoms with Gasteiger partial charge >= 0.3 is 0 Å². The molecule has 0 amide bonds. The molecule has 1 saturated carbocycles. The standard InChI is InChI=1S/C9H19NO2S/c1-8(10)6-13(11,12)7-9-4-2-3-5-9/h8-9H,2-7,10H2,1H3. The Morgan fingerprint density at radius 1 is 1.38 bits per heavy atom. The van der Waals surface area contributed by atoms with Gasteiger partial charge in [0.1, 0.15) is 0 Å². The minimum absolute atomic E-state index is 0.142. The van der Waals surface area contributed by atoms with E-state index in [4.69, 9.17) is 5.73 Å². The molecule has 1 aliphatic carbocycles. The van der Waals surface area contributed by atoms with Gasteiger partial charge in [-0.2, -0.15) is 0 Å². The highest BCUT2D eigenvalue weighted by Gasteiger charge is 2.23. The quantitative estimate of drug-likeness (QED) is 0.743. The van der Waals surface area contributed by atoms with Crippen molar-refractivity contribution in [2.75, 3.05) is 11.5 Å². The van der Waals surface area contributed by atoms with Crippen molar-refractivity contribution in [2.45, 2.75) is 38.6 Å². The van der Waals surface area contributed by atoms with Gasteiger partial charge in [-0.05, 0) is 25.7 Å². The lowest BCUT2D eigenvalue weighted by molar-refractivity contribution is 0.555. The van der Waals surface area contributed by atoms with E-state index in [1.807, 2.05) is 0 Å². The first kappa shape index (κ1) is 11.0. The molecule has 0 aromatic heterocycles. The Morgan fingerprint density at radius 2 is 1.92 bits per heavy atom. The Morgan fingerprint density at radius 3 is 2.38 bits per heavy atom. The van der Waals surface area contributed by atoms with Crippen LogP contribution >= 0.6 is 0 Å². The zero-order chi connectivity index (χ0) is 9.90. The van der Waals surface area contributed by atoms with Crippen molar-refractivity contribution in [3.63, 3.8) is 0 Å². The van der Waals surface area contributed by atoms with Gasteiger partial charge in [-0.3, -0.25) is 0 Å². The van der Waals surface area contributed by atoms with Crippen molar-refractivity contribution in [3.05, 3.63) is 0 Å². The van der Waals surface area contributed by atoms with Crippen LogP contribution in [0.5, 0.6) is 0 Å². The summed E-state index contributed by atoms with van der Waals surface area (Å²) in [6.07, 6.45) is 4.55. The van der Waals surface area contributed by atoms with E-state index in [2.05, 4.69) is 0 Å². The molecule has 0 aromatic carbocycles. The highest BCUT2D eigenvalue weighted by molar-refractivity contribution is 7.91. The van der Waals surface area contributed by atoms with Crippen LogP contribution in [0.4, 0.5) is 0 Å². The summed E-state index contributed by atoms with van der Waals surface area (Å²) in [5.41, 5.74) is 5.47. The zero-order valence-corrected chi connectivity index (χ0v) is 9.02. The third kappa shape index (κ3) is 4.09. The summed E-state index contributed by atoms with van der Waals surface area (Å²) < 4.78 is 23.0. The summed E-state index contributed by atoms with van der Waals surface area (Å²) in [7, 11) is -2.89. The van der Waals surface area contributed by atoms with E-state index < -0.39 is 9.84 Å². The van der Waals surface area contributed by atoms with Gasteiger partial charge < -0.3 is 5.73 Å². The number of hydrogen-bond donors (Lipinski definition) is 1. The Bertz CT molecular complexity index is 240. The fraction of sp³-hybridized carbons (Fsp3) is 1.00. The first-order valence-electron chi connectivity index (χ1n) is 4.95. The molecule has 1 fully saturated rings. The molecule has 0 spiro atoms. The third-order valence-corrected chi connectivity index (χ3v) is 4.49. The van der Waals surface area contributed by atoms with Gasteiger partial charge in [0.2, 0.25) is 0 Å². The highest BCUT2D eigenvalue weighted by Crippen LogP contribution is 2.26. The summed E-state index contributed by atoms with van der Waals surface area (Å²) in [5, 5.41) is 0. The van der Waals surface area contributed by atoms with Gasteiger partial charge in [0, 0.05) is 6.04 Å². The van der Waals surface area contributed by atoms with E-state index >= 15 is 0 Å². The first-order chi connectivity index (χ1) is 5.99. The van der Waals surface area contributed by atoms with Crippen LogP contribution in [0.3, 0.4) is 0 Å². The number of hydrogen-bond acceptors (Lipinski definition) is 3. The molecule has 0 bridgehead atoms. The number of sulfone groups is 1. The number of nitrogens with two attached hydrogens (primary N) is 1. The van der Waals surface area contributed by atoms with Gasteiger partial charge in [0.25, 0.3) is 0 Å². The molecule has 0 heterocycles. The monoisotopic (exact) mass is 205 g/mol. The van der Waals surface area contributed by atoms with Crippen LogP contribution in [-0.4, -0.2) is 26.0 Å². The molecule has 13 heavy (non-hydrogen) atoms. The summed E-state index contributed by atoms with van der Waals surface area (Å²) in [5.74, 6) is 0.904. The van der Waals surface area contributed by atoms with E-state index in [-0.39, 0.29) is 11.8 Å². The Balaban J connectivity index is 2.41. The first-order valence-corrected chi connectivity index (χ1v) is 6.78. The molecule has 3 nitrogen and oxygen atoms in total. The Hall–Kier alpha value is -0.0900. The maximum atomic E-state index is 11.5. The molecule has 1 aliphatic rings. The fourth-order valence-electron chi connectivity index (χ4n) is 2.00. The molecule has 4 heteroatoms. The predicted molar refractivity (Wildman–Crippen MR) is 54.3 cm³/mol. The molecule has 0 radical (unpaired) electrons. The minimum atomic E-state index is -2.89. The van der Waals surface area contributed by atoms with Crippen molar-refractivity contribution in [3.8, 4) is 0 Å². The van der Waals surface area contributed by atoms with Crippen LogP contribution < -0.4 is 5.73 Å². The third-order valence-electron chi connectivity index (χ3n) is 2.48. The molecule has 0 aromatic rings. The Labute approximate surface area is 80.6 Å². The van der Waals surface area contributed by atoms with Crippen molar-refractivity contribution in [1.82, 2.24) is 0 Å². The maximum absolute atomic E-state index is 11.5. The van der Waals surface area contributed by atoms with E-state index in [0.717, 1.165) is 12.8 Å². The van der Waals surface area contributed by atoms with Crippen LogP contribution in [0.2, 0.25) is 0 Å². The van der Waals surface area contributed by atoms with E-state index in [1.54, 1.807) is 6.92 Å². The van der Waals surface area contributed by atoms with Gasteiger partial charge in [-0.1, -0.05) is 12.8 Å². The van der Waals surface area contributed by atoms with Crippen molar-refractivity contribution in [2.24, 2.45) is 11.7 Å². The molecule has 78 valence electrons. The smallest absolute Gasteiger partial charge is 0.152 e. The summed E-state index contributed by atoms with van der Waals surface area (Å²) in [6, 6.07) is -0.230. The molecule has 0 saturated heterocycles. The second-order valence-corrected chi connectivity index (χ2v) is 6.36. The van der Waals surface area contributed by atoms with Gasteiger partial charge in [-0.25, -0.2) is 8.42 Å². The van der Waals surface area contributed by atoms with Crippen LogP contribution in [0.25, 0.3) is 0 Å².